The Kier molecular flexibility index (Phi) is 4.89. The van der Waals surface area contributed by atoms with E-state index in [1.54, 1.807) is 0 Å². The fourth-order valence-electron chi connectivity index (χ4n) is 3.97. The molecule has 148 valence electrons. The molecule has 3 aromatic rings. The van der Waals surface area contributed by atoms with Crippen LogP contribution in [0, 0.1) is 27.3 Å². The van der Waals surface area contributed by atoms with Crippen molar-refractivity contribution in [3.05, 3.63) is 76.5 Å². The predicted octanol–water partition coefficient (Wildman–Crippen LogP) is 5.31. The number of aromatic nitrogens is 1. The second-order valence-corrected chi connectivity index (χ2v) is 7.77. The Labute approximate surface area is 171 Å². The average molecular weight is 387 g/mol. The van der Waals surface area contributed by atoms with Gasteiger partial charge in [-0.15, -0.1) is 0 Å². The largest absolute Gasteiger partial charge is 0.395 e. The fourth-order valence-corrected chi connectivity index (χ4v) is 3.97. The van der Waals surface area contributed by atoms with Gasteiger partial charge in [-0.25, -0.2) is 6.57 Å². The van der Waals surface area contributed by atoms with Crippen LogP contribution in [0.25, 0.3) is 16.0 Å². The number of benzene rings is 2. The van der Waals surface area contributed by atoms with Crippen molar-refractivity contribution in [2.75, 3.05) is 18.1 Å². The first-order valence-electron chi connectivity index (χ1n) is 9.90. The number of aliphatic hydroxyl groups is 1. The number of rotatable bonds is 6. The molecule has 0 radical (unpaired) electrons. The van der Waals surface area contributed by atoms with Crippen molar-refractivity contribution in [3.8, 4) is 11.1 Å². The maximum absolute atomic E-state index is 9.72. The highest BCUT2D eigenvalue weighted by Crippen LogP contribution is 2.50. The van der Waals surface area contributed by atoms with Gasteiger partial charge < -0.3 is 19.4 Å². The van der Waals surface area contributed by atoms with Gasteiger partial charge in [-0.3, -0.25) is 0 Å². The van der Waals surface area contributed by atoms with Gasteiger partial charge in [0.15, 0.2) is 0 Å². The van der Waals surface area contributed by atoms with E-state index in [9.17, 15) is 5.11 Å². The van der Waals surface area contributed by atoms with Gasteiger partial charge in [-0.05, 0) is 62.2 Å². The molecule has 1 N–H and O–H groups in total. The lowest BCUT2D eigenvalue weighted by Crippen LogP contribution is -2.22. The third-order valence-electron chi connectivity index (χ3n) is 5.80. The van der Waals surface area contributed by atoms with Crippen LogP contribution in [-0.4, -0.2) is 23.4 Å². The normalized spacial score (nSPS) is 14.4. The molecule has 0 spiro atoms. The van der Waals surface area contributed by atoms with Gasteiger partial charge in [0.2, 0.25) is 0 Å². The van der Waals surface area contributed by atoms with Crippen LogP contribution < -0.4 is 4.90 Å². The van der Waals surface area contributed by atoms with Crippen LogP contribution >= 0.6 is 0 Å². The van der Waals surface area contributed by atoms with Crippen LogP contribution in [0.15, 0.2) is 47.0 Å². The fraction of sp³-hybridized carbons (Fsp3) is 0.333. The van der Waals surface area contributed by atoms with Crippen molar-refractivity contribution in [2.24, 2.45) is 0 Å². The second kappa shape index (κ2) is 7.38. The standard InChI is InChI=1S/C24H25N3O2/c1-16-5-6-19(23-17(2)26-29-18(23)3)15-22(16)27(13-14-28)21-9-7-20(8-10-21)24(25-4)11-12-24/h5-10,15,28H,11-14H2,1-3H3. The Morgan fingerprint density at radius 3 is 2.41 bits per heavy atom. The Morgan fingerprint density at radius 2 is 1.86 bits per heavy atom. The zero-order valence-electron chi connectivity index (χ0n) is 17.1. The van der Waals surface area contributed by atoms with Crippen molar-refractivity contribution in [1.82, 2.24) is 5.16 Å². The molecular formula is C24H25N3O2. The molecule has 29 heavy (non-hydrogen) atoms. The highest BCUT2D eigenvalue weighted by Gasteiger charge is 2.52. The Hall–Kier alpha value is -3.10. The summed E-state index contributed by atoms with van der Waals surface area (Å²) < 4.78 is 5.35. The highest BCUT2D eigenvalue weighted by atomic mass is 16.5. The third kappa shape index (κ3) is 3.41. The molecule has 1 heterocycles. The minimum absolute atomic E-state index is 0.0444. The summed E-state index contributed by atoms with van der Waals surface area (Å²) in [6.07, 6.45) is 1.88. The number of nitrogens with zero attached hydrogens (tertiary/aromatic N) is 3. The van der Waals surface area contributed by atoms with Gasteiger partial charge in [-0.2, -0.15) is 0 Å². The van der Waals surface area contributed by atoms with Crippen molar-refractivity contribution in [3.63, 3.8) is 0 Å². The molecule has 5 nitrogen and oxygen atoms in total. The van der Waals surface area contributed by atoms with E-state index in [1.165, 1.54) is 0 Å². The van der Waals surface area contributed by atoms with E-state index in [-0.39, 0.29) is 12.1 Å². The quantitative estimate of drug-likeness (QED) is 0.583. The first-order chi connectivity index (χ1) is 14.0. The molecule has 1 aliphatic carbocycles. The van der Waals surface area contributed by atoms with Crippen LogP contribution in [0.1, 0.15) is 35.4 Å². The molecule has 2 aromatic carbocycles. The number of hydrogen-bond acceptors (Lipinski definition) is 4. The predicted molar refractivity (Wildman–Crippen MR) is 114 cm³/mol. The monoisotopic (exact) mass is 387 g/mol. The minimum atomic E-state index is -0.306. The molecule has 1 saturated carbocycles. The van der Waals surface area contributed by atoms with E-state index in [0.717, 1.165) is 57.9 Å². The third-order valence-corrected chi connectivity index (χ3v) is 5.80. The smallest absolute Gasteiger partial charge is 0.258 e. The zero-order chi connectivity index (χ0) is 20.6. The summed E-state index contributed by atoms with van der Waals surface area (Å²) in [5.74, 6) is 0.796. The number of hydrogen-bond donors (Lipinski definition) is 1. The van der Waals surface area contributed by atoms with E-state index in [0.29, 0.717) is 6.54 Å². The number of aryl methyl sites for hydroxylation is 3. The molecule has 0 amide bonds. The zero-order valence-corrected chi connectivity index (χ0v) is 17.1. The van der Waals surface area contributed by atoms with Crippen LogP contribution in [0.5, 0.6) is 0 Å². The van der Waals surface area contributed by atoms with Crippen molar-refractivity contribution < 1.29 is 9.63 Å². The van der Waals surface area contributed by atoms with Gasteiger partial charge in [0, 0.05) is 41.9 Å². The second-order valence-electron chi connectivity index (χ2n) is 7.77. The summed E-state index contributed by atoms with van der Waals surface area (Å²) in [5.41, 5.74) is 6.87. The first kappa shape index (κ1) is 19.2. The first-order valence-corrected chi connectivity index (χ1v) is 9.90. The molecule has 0 atom stereocenters. The van der Waals surface area contributed by atoms with Crippen molar-refractivity contribution in [1.29, 1.82) is 0 Å². The molecule has 0 bridgehead atoms. The van der Waals surface area contributed by atoms with Crippen LogP contribution in [0.4, 0.5) is 11.4 Å². The van der Waals surface area contributed by atoms with E-state index < -0.39 is 0 Å². The molecule has 0 unspecified atom stereocenters. The molecule has 4 rings (SSSR count). The Balaban J connectivity index is 1.74. The molecule has 0 aliphatic heterocycles. The average Bonchev–Trinajstić information content (AvgIpc) is 3.47. The van der Waals surface area contributed by atoms with E-state index in [4.69, 9.17) is 11.1 Å². The van der Waals surface area contributed by atoms with Gasteiger partial charge in [0.25, 0.3) is 5.54 Å². The van der Waals surface area contributed by atoms with Crippen molar-refractivity contribution >= 4 is 11.4 Å². The SMILES string of the molecule is [C-]#[N+]C1(c2ccc(N(CCO)c3cc(-c4c(C)noc4C)ccc3C)cc2)CC1. The Morgan fingerprint density at radius 1 is 1.14 bits per heavy atom. The summed E-state index contributed by atoms with van der Waals surface area (Å²) in [4.78, 5) is 5.95. The van der Waals surface area contributed by atoms with Crippen LogP contribution in [0.3, 0.4) is 0 Å². The van der Waals surface area contributed by atoms with E-state index in [2.05, 4.69) is 64.3 Å². The van der Waals surface area contributed by atoms with Gasteiger partial charge in [0.1, 0.15) is 5.76 Å². The maximum atomic E-state index is 9.72. The lowest BCUT2D eigenvalue weighted by atomic mass is 10.00. The van der Waals surface area contributed by atoms with Gasteiger partial charge in [0.05, 0.1) is 12.3 Å². The molecule has 5 heteroatoms. The number of anilines is 2. The van der Waals surface area contributed by atoms with Crippen LogP contribution in [-0.2, 0) is 5.54 Å². The van der Waals surface area contributed by atoms with Crippen LogP contribution in [0.2, 0.25) is 0 Å². The number of aliphatic hydroxyl groups excluding tert-OH is 1. The van der Waals surface area contributed by atoms with Gasteiger partial charge in [-0.1, -0.05) is 17.3 Å². The highest BCUT2D eigenvalue weighted by molar-refractivity contribution is 5.76. The van der Waals surface area contributed by atoms with Gasteiger partial charge >= 0.3 is 0 Å². The Bertz CT molecular complexity index is 1050. The molecule has 1 aliphatic rings. The minimum Gasteiger partial charge on any atom is -0.395 e. The van der Waals surface area contributed by atoms with E-state index in [1.807, 2.05) is 13.8 Å². The summed E-state index contributed by atoms with van der Waals surface area (Å²) >= 11 is 0. The lowest BCUT2D eigenvalue weighted by Gasteiger charge is -2.27. The summed E-state index contributed by atoms with van der Waals surface area (Å²) in [6, 6.07) is 14.5. The molecule has 1 aromatic heterocycles. The molecular weight excluding hydrogens is 362 g/mol. The molecule has 1 fully saturated rings. The summed E-state index contributed by atoms with van der Waals surface area (Å²) in [5, 5.41) is 13.8. The van der Waals surface area contributed by atoms with E-state index >= 15 is 0 Å². The maximum Gasteiger partial charge on any atom is 0.258 e. The van der Waals surface area contributed by atoms with Crippen molar-refractivity contribution in [2.45, 2.75) is 39.2 Å². The topological polar surface area (TPSA) is 53.9 Å². The lowest BCUT2D eigenvalue weighted by molar-refractivity contribution is 0.305. The summed E-state index contributed by atoms with van der Waals surface area (Å²) in [6.45, 7) is 13.9. The summed E-state index contributed by atoms with van der Waals surface area (Å²) in [7, 11) is 0. The molecule has 0 saturated heterocycles.